The molecule has 0 rings (SSSR count). The van der Waals surface area contributed by atoms with Crippen LogP contribution in [0.2, 0.25) is 0 Å². The molecular weight excluding hydrogens is 230 g/mol. The SMILES string of the molecule is CCCCOCCOCCC(C)(CO)NCCC. The fourth-order valence-corrected chi connectivity index (χ4v) is 1.52. The molecule has 0 heterocycles. The number of ether oxygens (including phenoxy) is 2. The molecule has 0 radical (unpaired) electrons. The van der Waals surface area contributed by atoms with E-state index in [2.05, 4.69) is 19.2 Å². The van der Waals surface area contributed by atoms with Crippen molar-refractivity contribution in [2.75, 3.05) is 39.6 Å². The van der Waals surface area contributed by atoms with E-state index in [9.17, 15) is 5.11 Å². The molecule has 2 N–H and O–H groups in total. The fourth-order valence-electron chi connectivity index (χ4n) is 1.52. The minimum Gasteiger partial charge on any atom is -0.394 e. The van der Waals surface area contributed by atoms with Gasteiger partial charge in [0.25, 0.3) is 0 Å². The Morgan fingerprint density at radius 3 is 2.22 bits per heavy atom. The Morgan fingerprint density at radius 1 is 1.00 bits per heavy atom. The third kappa shape index (κ3) is 9.83. The Kier molecular flexibility index (Phi) is 11.8. The van der Waals surface area contributed by atoms with Gasteiger partial charge in [-0.25, -0.2) is 0 Å². The predicted octanol–water partition coefficient (Wildman–Crippen LogP) is 1.96. The Bertz CT molecular complexity index is 178. The molecule has 0 spiro atoms. The van der Waals surface area contributed by atoms with Crippen LogP contribution in [0.25, 0.3) is 0 Å². The molecule has 0 fully saturated rings. The highest BCUT2D eigenvalue weighted by atomic mass is 16.5. The zero-order valence-electron chi connectivity index (χ0n) is 12.3. The van der Waals surface area contributed by atoms with Gasteiger partial charge in [0.2, 0.25) is 0 Å². The lowest BCUT2D eigenvalue weighted by Gasteiger charge is -2.28. The van der Waals surface area contributed by atoms with Gasteiger partial charge in [-0.1, -0.05) is 20.3 Å². The van der Waals surface area contributed by atoms with Gasteiger partial charge in [0.05, 0.1) is 19.8 Å². The average Bonchev–Trinajstić information content (AvgIpc) is 2.39. The van der Waals surface area contributed by atoms with Gasteiger partial charge in [0.15, 0.2) is 0 Å². The molecule has 1 unspecified atom stereocenters. The number of hydrogen-bond acceptors (Lipinski definition) is 4. The zero-order chi connectivity index (χ0) is 13.7. The van der Waals surface area contributed by atoms with E-state index in [1.54, 1.807) is 0 Å². The van der Waals surface area contributed by atoms with Gasteiger partial charge in [-0.05, 0) is 32.7 Å². The van der Waals surface area contributed by atoms with Crippen molar-refractivity contribution in [3.05, 3.63) is 0 Å². The van der Waals surface area contributed by atoms with Gasteiger partial charge in [0, 0.05) is 18.8 Å². The third-order valence-corrected chi connectivity index (χ3v) is 2.96. The first kappa shape index (κ1) is 17.8. The van der Waals surface area contributed by atoms with Crippen LogP contribution in [0.15, 0.2) is 0 Å². The second-order valence-corrected chi connectivity index (χ2v) is 4.97. The molecule has 0 aliphatic heterocycles. The van der Waals surface area contributed by atoms with E-state index in [-0.39, 0.29) is 12.1 Å². The summed E-state index contributed by atoms with van der Waals surface area (Å²) in [6, 6.07) is 0. The first-order valence-electron chi connectivity index (χ1n) is 7.20. The van der Waals surface area contributed by atoms with Crippen molar-refractivity contribution in [3.8, 4) is 0 Å². The molecule has 0 bridgehead atoms. The number of unbranched alkanes of at least 4 members (excludes halogenated alkanes) is 1. The summed E-state index contributed by atoms with van der Waals surface area (Å²) in [4.78, 5) is 0. The Balaban J connectivity index is 3.44. The van der Waals surface area contributed by atoms with Gasteiger partial charge in [-0.2, -0.15) is 0 Å². The molecule has 4 heteroatoms. The van der Waals surface area contributed by atoms with Crippen molar-refractivity contribution in [2.45, 2.75) is 52.0 Å². The smallest absolute Gasteiger partial charge is 0.0700 e. The largest absolute Gasteiger partial charge is 0.394 e. The minimum absolute atomic E-state index is 0.142. The summed E-state index contributed by atoms with van der Waals surface area (Å²) in [6.45, 7) is 10.2. The van der Waals surface area contributed by atoms with E-state index in [4.69, 9.17) is 9.47 Å². The van der Waals surface area contributed by atoms with Crippen molar-refractivity contribution >= 4 is 0 Å². The Hall–Kier alpha value is -0.160. The lowest BCUT2D eigenvalue weighted by Crippen LogP contribution is -2.46. The van der Waals surface area contributed by atoms with Crippen LogP contribution in [-0.4, -0.2) is 50.2 Å². The van der Waals surface area contributed by atoms with E-state index < -0.39 is 0 Å². The van der Waals surface area contributed by atoms with Crippen LogP contribution in [0.1, 0.15) is 46.5 Å². The van der Waals surface area contributed by atoms with E-state index >= 15 is 0 Å². The van der Waals surface area contributed by atoms with Crippen LogP contribution >= 0.6 is 0 Å². The monoisotopic (exact) mass is 261 g/mol. The number of aliphatic hydroxyl groups is 1. The van der Waals surface area contributed by atoms with Crippen molar-refractivity contribution in [1.82, 2.24) is 5.32 Å². The van der Waals surface area contributed by atoms with Gasteiger partial charge in [-0.15, -0.1) is 0 Å². The molecule has 110 valence electrons. The van der Waals surface area contributed by atoms with E-state index in [1.165, 1.54) is 6.42 Å². The van der Waals surface area contributed by atoms with E-state index in [1.807, 2.05) is 6.92 Å². The average molecular weight is 261 g/mol. The highest BCUT2D eigenvalue weighted by Gasteiger charge is 2.21. The van der Waals surface area contributed by atoms with Crippen LogP contribution < -0.4 is 5.32 Å². The van der Waals surface area contributed by atoms with Crippen molar-refractivity contribution in [1.29, 1.82) is 0 Å². The second-order valence-electron chi connectivity index (χ2n) is 4.97. The molecule has 0 saturated carbocycles. The normalized spacial score (nSPS) is 14.7. The summed E-state index contributed by atoms with van der Waals surface area (Å²) in [7, 11) is 0. The molecule has 18 heavy (non-hydrogen) atoms. The van der Waals surface area contributed by atoms with Crippen LogP contribution in [0, 0.1) is 0 Å². The molecule has 0 amide bonds. The highest BCUT2D eigenvalue weighted by molar-refractivity contribution is 4.81. The summed E-state index contributed by atoms with van der Waals surface area (Å²) in [5.74, 6) is 0. The van der Waals surface area contributed by atoms with E-state index in [0.717, 1.165) is 32.4 Å². The molecule has 0 aliphatic rings. The maximum absolute atomic E-state index is 9.37. The van der Waals surface area contributed by atoms with Gasteiger partial charge in [0.1, 0.15) is 0 Å². The quantitative estimate of drug-likeness (QED) is 0.498. The molecule has 0 aromatic heterocycles. The number of nitrogens with one attached hydrogen (secondary N) is 1. The topological polar surface area (TPSA) is 50.7 Å². The molecule has 0 aromatic carbocycles. The van der Waals surface area contributed by atoms with Gasteiger partial charge in [-0.3, -0.25) is 0 Å². The van der Waals surface area contributed by atoms with Crippen molar-refractivity contribution < 1.29 is 14.6 Å². The number of aliphatic hydroxyl groups excluding tert-OH is 1. The fraction of sp³-hybridized carbons (Fsp3) is 1.00. The minimum atomic E-state index is -0.223. The highest BCUT2D eigenvalue weighted by Crippen LogP contribution is 2.08. The van der Waals surface area contributed by atoms with Crippen molar-refractivity contribution in [2.24, 2.45) is 0 Å². The first-order valence-corrected chi connectivity index (χ1v) is 7.20. The molecule has 4 nitrogen and oxygen atoms in total. The van der Waals surface area contributed by atoms with Crippen molar-refractivity contribution in [3.63, 3.8) is 0 Å². The maximum atomic E-state index is 9.37. The summed E-state index contributed by atoms with van der Waals surface area (Å²) < 4.78 is 10.9. The van der Waals surface area contributed by atoms with Gasteiger partial charge >= 0.3 is 0 Å². The molecule has 0 aliphatic carbocycles. The number of hydrogen-bond donors (Lipinski definition) is 2. The lowest BCUT2D eigenvalue weighted by atomic mass is 9.99. The summed E-state index contributed by atoms with van der Waals surface area (Å²) in [5.41, 5.74) is -0.223. The maximum Gasteiger partial charge on any atom is 0.0700 e. The third-order valence-electron chi connectivity index (χ3n) is 2.96. The van der Waals surface area contributed by atoms with Crippen LogP contribution in [0.3, 0.4) is 0 Å². The van der Waals surface area contributed by atoms with Gasteiger partial charge < -0.3 is 19.9 Å². The number of rotatable bonds is 13. The lowest BCUT2D eigenvalue weighted by molar-refractivity contribution is 0.0335. The standard InChI is InChI=1S/C14H31NO3/c1-4-6-9-17-11-12-18-10-7-14(3,13-16)15-8-5-2/h15-16H,4-13H2,1-3H3. The first-order chi connectivity index (χ1) is 8.68. The zero-order valence-corrected chi connectivity index (χ0v) is 12.3. The van der Waals surface area contributed by atoms with Crippen LogP contribution in [0.4, 0.5) is 0 Å². The Labute approximate surface area is 112 Å². The second kappa shape index (κ2) is 11.9. The summed E-state index contributed by atoms with van der Waals surface area (Å²) in [6.07, 6.45) is 4.17. The Morgan fingerprint density at radius 2 is 1.67 bits per heavy atom. The molecular formula is C14H31NO3. The van der Waals surface area contributed by atoms with E-state index in [0.29, 0.717) is 19.8 Å². The van der Waals surface area contributed by atoms with Crippen LogP contribution in [-0.2, 0) is 9.47 Å². The summed E-state index contributed by atoms with van der Waals surface area (Å²) >= 11 is 0. The molecule has 0 saturated heterocycles. The van der Waals surface area contributed by atoms with Crippen LogP contribution in [0.5, 0.6) is 0 Å². The molecule has 0 aromatic rings. The summed E-state index contributed by atoms with van der Waals surface area (Å²) in [5, 5.41) is 12.7. The molecule has 1 atom stereocenters. The predicted molar refractivity (Wildman–Crippen MR) is 74.9 cm³/mol.